The van der Waals surface area contributed by atoms with E-state index in [-0.39, 0.29) is 18.2 Å². The van der Waals surface area contributed by atoms with Gasteiger partial charge in [-0.15, -0.1) is 0 Å². The van der Waals surface area contributed by atoms with Gasteiger partial charge >= 0.3 is 0 Å². The molecule has 0 atom stereocenters. The number of aryl methyl sites for hydroxylation is 1. The van der Waals surface area contributed by atoms with Gasteiger partial charge in [0, 0.05) is 31.3 Å². The molecule has 0 bridgehead atoms. The smallest absolute Gasteiger partial charge is 0.224 e. The third-order valence-corrected chi connectivity index (χ3v) is 7.01. The molecule has 1 heterocycles. The molecule has 29 heavy (non-hydrogen) atoms. The molecular formula is C22H28N2O4S. The summed E-state index contributed by atoms with van der Waals surface area (Å²) in [6.07, 6.45) is 0.580. The van der Waals surface area contributed by atoms with Crippen LogP contribution in [0.4, 0.5) is 5.69 Å². The van der Waals surface area contributed by atoms with Gasteiger partial charge in [-0.3, -0.25) is 4.79 Å². The van der Waals surface area contributed by atoms with E-state index >= 15 is 0 Å². The monoisotopic (exact) mass is 416 g/mol. The highest BCUT2D eigenvalue weighted by atomic mass is 32.2. The van der Waals surface area contributed by atoms with Crippen LogP contribution in [-0.2, 0) is 27.9 Å². The first-order valence-electron chi connectivity index (χ1n) is 9.87. The number of amides is 1. The van der Waals surface area contributed by atoms with Crippen LogP contribution in [0.5, 0.6) is 5.75 Å². The van der Waals surface area contributed by atoms with Crippen LogP contribution in [0.2, 0.25) is 0 Å². The Morgan fingerprint density at radius 3 is 2.55 bits per heavy atom. The molecule has 0 N–H and O–H groups in total. The van der Waals surface area contributed by atoms with Crippen molar-refractivity contribution in [3.63, 3.8) is 0 Å². The molecule has 0 aliphatic carbocycles. The molecule has 0 saturated carbocycles. The minimum Gasteiger partial charge on any atom is -0.492 e. The Hall–Kier alpha value is -2.38. The van der Waals surface area contributed by atoms with Gasteiger partial charge < -0.3 is 9.64 Å². The molecule has 0 spiro atoms. The maximum absolute atomic E-state index is 12.5. The lowest BCUT2D eigenvalue weighted by Crippen LogP contribution is -2.34. The highest BCUT2D eigenvalue weighted by molar-refractivity contribution is 7.89. The largest absolute Gasteiger partial charge is 0.492 e. The molecule has 1 aliphatic heterocycles. The summed E-state index contributed by atoms with van der Waals surface area (Å²) in [5, 5.41) is 0. The van der Waals surface area contributed by atoms with Crippen LogP contribution in [0.3, 0.4) is 0 Å². The van der Waals surface area contributed by atoms with E-state index in [1.165, 1.54) is 4.31 Å². The lowest BCUT2D eigenvalue weighted by molar-refractivity contribution is -0.116. The summed E-state index contributed by atoms with van der Waals surface area (Å²) in [6, 6.07) is 13.6. The maximum atomic E-state index is 12.5. The Morgan fingerprint density at radius 1 is 1.17 bits per heavy atom. The van der Waals surface area contributed by atoms with E-state index in [4.69, 9.17) is 4.74 Å². The van der Waals surface area contributed by atoms with E-state index in [0.717, 1.165) is 22.4 Å². The van der Waals surface area contributed by atoms with Crippen LogP contribution < -0.4 is 9.64 Å². The van der Waals surface area contributed by atoms with Crippen molar-refractivity contribution in [1.82, 2.24) is 4.31 Å². The summed E-state index contributed by atoms with van der Waals surface area (Å²) in [6.45, 7) is 6.79. The lowest BCUT2D eigenvalue weighted by atomic mass is 10.1. The van der Waals surface area contributed by atoms with Crippen LogP contribution >= 0.6 is 0 Å². The van der Waals surface area contributed by atoms with Gasteiger partial charge in [0.2, 0.25) is 15.9 Å². The molecule has 0 radical (unpaired) electrons. The fourth-order valence-corrected chi connectivity index (χ4v) is 4.90. The first-order valence-corrected chi connectivity index (χ1v) is 11.5. The fraction of sp³-hybridized carbons (Fsp3) is 0.409. The number of rotatable bonds is 6. The number of benzene rings is 2. The summed E-state index contributed by atoms with van der Waals surface area (Å²) in [7, 11) is -3.31. The summed E-state index contributed by atoms with van der Waals surface area (Å²) >= 11 is 0. The highest BCUT2D eigenvalue weighted by Gasteiger charge is 2.25. The number of ether oxygens (including phenoxy) is 1. The van der Waals surface area contributed by atoms with Crippen molar-refractivity contribution in [2.75, 3.05) is 23.8 Å². The van der Waals surface area contributed by atoms with Crippen molar-refractivity contribution in [3.05, 3.63) is 59.2 Å². The van der Waals surface area contributed by atoms with Crippen molar-refractivity contribution in [2.24, 2.45) is 0 Å². The molecule has 7 heteroatoms. The number of carbonyl (C=O) groups is 1. The molecule has 2 aromatic rings. The highest BCUT2D eigenvalue weighted by Crippen LogP contribution is 2.27. The topological polar surface area (TPSA) is 66.9 Å². The molecule has 3 rings (SSSR count). The number of nitrogens with zero attached hydrogens (tertiary/aromatic N) is 2. The second-order valence-electron chi connectivity index (χ2n) is 7.38. The van der Waals surface area contributed by atoms with Crippen molar-refractivity contribution in [3.8, 4) is 5.75 Å². The van der Waals surface area contributed by atoms with Crippen LogP contribution in [-0.4, -0.2) is 37.5 Å². The zero-order valence-electron chi connectivity index (χ0n) is 17.2. The minimum absolute atomic E-state index is 0.0489. The molecule has 2 aromatic carbocycles. The fourth-order valence-electron chi connectivity index (χ4n) is 3.44. The third-order valence-electron chi connectivity index (χ3n) is 4.99. The maximum Gasteiger partial charge on any atom is 0.224 e. The number of sulfonamides is 1. The molecule has 0 fully saturated rings. The SMILES string of the molecule is CCCS(=O)(=O)N1CCOc2ccc(CN(C(C)=O)c3ccc(C)cc3)cc2C1. The third kappa shape index (κ3) is 5.16. The predicted molar refractivity (Wildman–Crippen MR) is 114 cm³/mol. The zero-order valence-corrected chi connectivity index (χ0v) is 18.0. The van der Waals surface area contributed by atoms with Crippen molar-refractivity contribution < 1.29 is 17.9 Å². The van der Waals surface area contributed by atoms with E-state index < -0.39 is 10.0 Å². The van der Waals surface area contributed by atoms with Crippen molar-refractivity contribution in [2.45, 2.75) is 40.3 Å². The number of carbonyl (C=O) groups excluding carboxylic acids is 1. The molecular weight excluding hydrogens is 388 g/mol. The second kappa shape index (κ2) is 8.97. The molecule has 0 saturated heterocycles. The van der Waals surface area contributed by atoms with E-state index in [1.54, 1.807) is 11.8 Å². The van der Waals surface area contributed by atoms with E-state index in [2.05, 4.69) is 0 Å². The average molecular weight is 417 g/mol. The van der Waals surface area contributed by atoms with Gasteiger partial charge in [-0.1, -0.05) is 30.7 Å². The molecule has 0 unspecified atom stereocenters. The van der Waals surface area contributed by atoms with E-state index in [1.807, 2.05) is 56.3 Å². The van der Waals surface area contributed by atoms with Gasteiger partial charge in [-0.05, 0) is 43.2 Å². The Morgan fingerprint density at radius 2 is 1.90 bits per heavy atom. The van der Waals surface area contributed by atoms with Gasteiger partial charge in [0.05, 0.1) is 12.3 Å². The van der Waals surface area contributed by atoms with Gasteiger partial charge in [-0.25, -0.2) is 8.42 Å². The molecule has 1 aliphatic rings. The number of hydrogen-bond donors (Lipinski definition) is 0. The molecule has 6 nitrogen and oxygen atoms in total. The standard InChI is InChI=1S/C22H28N2O4S/c1-4-13-29(26,27)23-11-12-28-22-10-7-19(14-20(22)16-23)15-24(18(3)25)21-8-5-17(2)6-9-21/h5-10,14H,4,11-13,15-16H2,1-3H3. The number of hydrogen-bond acceptors (Lipinski definition) is 4. The van der Waals surface area contributed by atoms with Crippen molar-refractivity contribution in [1.29, 1.82) is 0 Å². The van der Waals surface area contributed by atoms with Crippen molar-refractivity contribution >= 4 is 21.6 Å². The minimum atomic E-state index is -3.31. The van der Waals surface area contributed by atoms with Crippen LogP contribution in [0, 0.1) is 6.92 Å². The van der Waals surface area contributed by atoms with Gasteiger partial charge in [0.25, 0.3) is 0 Å². The Kier molecular flexibility index (Phi) is 6.59. The second-order valence-corrected chi connectivity index (χ2v) is 9.47. The van der Waals surface area contributed by atoms with E-state index in [0.29, 0.717) is 31.9 Å². The summed E-state index contributed by atoms with van der Waals surface area (Å²) in [4.78, 5) is 14.0. The predicted octanol–water partition coefficient (Wildman–Crippen LogP) is 3.48. The Bertz CT molecular complexity index is 971. The zero-order chi connectivity index (χ0) is 21.0. The normalized spacial score (nSPS) is 14.6. The summed E-state index contributed by atoms with van der Waals surface area (Å²) in [5.74, 6) is 0.785. The molecule has 0 aromatic heterocycles. The summed E-state index contributed by atoms with van der Waals surface area (Å²) < 4.78 is 32.3. The first kappa shape index (κ1) is 21.3. The lowest BCUT2D eigenvalue weighted by Gasteiger charge is -2.22. The molecule has 156 valence electrons. The number of anilines is 1. The Balaban J connectivity index is 1.86. The van der Waals surface area contributed by atoms with Gasteiger partial charge in [-0.2, -0.15) is 4.31 Å². The van der Waals surface area contributed by atoms with Crippen LogP contribution in [0.1, 0.15) is 37.0 Å². The average Bonchev–Trinajstić information content (AvgIpc) is 2.89. The first-order chi connectivity index (χ1) is 13.8. The van der Waals surface area contributed by atoms with Crippen LogP contribution in [0.15, 0.2) is 42.5 Å². The number of fused-ring (bicyclic) bond motifs is 1. The van der Waals surface area contributed by atoms with Gasteiger partial charge in [0.15, 0.2) is 0 Å². The molecule has 1 amide bonds. The van der Waals surface area contributed by atoms with Gasteiger partial charge in [0.1, 0.15) is 12.4 Å². The van der Waals surface area contributed by atoms with Crippen LogP contribution in [0.25, 0.3) is 0 Å². The quantitative estimate of drug-likeness (QED) is 0.723. The van der Waals surface area contributed by atoms with E-state index in [9.17, 15) is 13.2 Å². The summed E-state index contributed by atoms with van der Waals surface area (Å²) in [5.41, 5.74) is 3.72. The Labute approximate surface area is 173 Å².